The van der Waals surface area contributed by atoms with Gasteiger partial charge in [-0.05, 0) is 40.5 Å². The first-order chi connectivity index (χ1) is 9.22. The molecule has 0 aliphatic heterocycles. The highest BCUT2D eigenvalue weighted by Crippen LogP contribution is 2.28. The van der Waals surface area contributed by atoms with Gasteiger partial charge in [0.2, 0.25) is 0 Å². The highest BCUT2D eigenvalue weighted by molar-refractivity contribution is 9.10. The smallest absolute Gasteiger partial charge is 0.278 e. The van der Waals surface area contributed by atoms with Gasteiger partial charge in [-0.15, -0.1) is 0 Å². The molecule has 0 unspecified atom stereocenters. The number of benzene rings is 1. The van der Waals surface area contributed by atoms with Crippen LogP contribution in [0.15, 0.2) is 27.8 Å². The largest absolute Gasteiger partial charge is 0.280 e. The van der Waals surface area contributed by atoms with Crippen molar-refractivity contribution in [3.63, 3.8) is 0 Å². The van der Waals surface area contributed by atoms with E-state index >= 15 is 0 Å². The molecule has 1 aromatic carbocycles. The summed E-state index contributed by atoms with van der Waals surface area (Å²) in [4.78, 5) is 0. The van der Waals surface area contributed by atoms with Gasteiger partial charge < -0.3 is 0 Å². The van der Waals surface area contributed by atoms with Gasteiger partial charge in [0.25, 0.3) is 10.0 Å². The normalized spacial score (nSPS) is 11.7. The molecule has 0 atom stereocenters. The van der Waals surface area contributed by atoms with E-state index in [1.165, 1.54) is 25.4 Å². The minimum Gasteiger partial charge on any atom is -0.278 e. The quantitative estimate of drug-likeness (QED) is 0.887. The standard InChI is InChI=1S/C11H10BrClFN3O2S/c1-6-3-9(14)7(12)4-10(6)16-20(18,19)11-8(13)5-15-17(11)2/h3-5,16H,1-2H3. The van der Waals surface area contributed by atoms with Crippen molar-refractivity contribution in [2.45, 2.75) is 11.9 Å². The van der Waals surface area contributed by atoms with Crippen LogP contribution in [0.1, 0.15) is 5.56 Å². The molecule has 0 aliphatic carbocycles. The number of anilines is 1. The van der Waals surface area contributed by atoms with Crippen molar-refractivity contribution in [2.24, 2.45) is 7.05 Å². The van der Waals surface area contributed by atoms with E-state index in [0.717, 1.165) is 4.68 Å². The maximum Gasteiger partial charge on any atom is 0.280 e. The molecular weight excluding hydrogens is 373 g/mol. The number of hydrogen-bond acceptors (Lipinski definition) is 3. The van der Waals surface area contributed by atoms with E-state index < -0.39 is 15.8 Å². The summed E-state index contributed by atoms with van der Waals surface area (Å²) in [5.74, 6) is -0.469. The molecular formula is C11H10BrClFN3O2S. The molecule has 0 saturated heterocycles. The Morgan fingerprint density at radius 3 is 2.65 bits per heavy atom. The summed E-state index contributed by atoms with van der Waals surface area (Å²) < 4.78 is 41.6. The van der Waals surface area contributed by atoms with E-state index in [9.17, 15) is 12.8 Å². The lowest BCUT2D eigenvalue weighted by Gasteiger charge is -2.12. The second-order valence-electron chi connectivity index (χ2n) is 4.11. The molecule has 108 valence electrons. The van der Waals surface area contributed by atoms with E-state index in [-0.39, 0.29) is 20.2 Å². The number of hydrogen-bond donors (Lipinski definition) is 1. The Bertz CT molecular complexity index is 757. The highest BCUT2D eigenvalue weighted by Gasteiger charge is 2.23. The van der Waals surface area contributed by atoms with Gasteiger partial charge in [0.05, 0.1) is 21.4 Å². The van der Waals surface area contributed by atoms with Crippen molar-refractivity contribution in [3.05, 3.63) is 39.2 Å². The van der Waals surface area contributed by atoms with Crippen LogP contribution in [0.25, 0.3) is 0 Å². The van der Waals surface area contributed by atoms with Gasteiger partial charge >= 0.3 is 0 Å². The SMILES string of the molecule is Cc1cc(F)c(Br)cc1NS(=O)(=O)c1c(Cl)cnn1C. The van der Waals surface area contributed by atoms with Crippen LogP contribution < -0.4 is 4.72 Å². The molecule has 5 nitrogen and oxygen atoms in total. The zero-order chi connectivity index (χ0) is 15.1. The van der Waals surface area contributed by atoms with Crippen LogP contribution in [-0.4, -0.2) is 18.2 Å². The fourth-order valence-electron chi connectivity index (χ4n) is 1.65. The van der Waals surface area contributed by atoms with Crippen LogP contribution in [0.2, 0.25) is 5.02 Å². The Labute approximate surface area is 128 Å². The Kier molecular flexibility index (Phi) is 4.08. The topological polar surface area (TPSA) is 64.0 Å². The zero-order valence-corrected chi connectivity index (χ0v) is 13.6. The van der Waals surface area contributed by atoms with Crippen LogP contribution in [0, 0.1) is 12.7 Å². The lowest BCUT2D eigenvalue weighted by atomic mass is 10.2. The minimum atomic E-state index is -3.91. The van der Waals surface area contributed by atoms with Crippen molar-refractivity contribution in [2.75, 3.05) is 4.72 Å². The Hall–Kier alpha value is -1.12. The third kappa shape index (κ3) is 2.82. The molecule has 0 bridgehead atoms. The highest BCUT2D eigenvalue weighted by atomic mass is 79.9. The van der Waals surface area contributed by atoms with Crippen molar-refractivity contribution in [3.8, 4) is 0 Å². The maximum absolute atomic E-state index is 13.3. The van der Waals surface area contributed by atoms with Crippen molar-refractivity contribution in [1.29, 1.82) is 0 Å². The monoisotopic (exact) mass is 381 g/mol. The molecule has 1 aromatic heterocycles. The van der Waals surface area contributed by atoms with E-state index in [0.29, 0.717) is 5.56 Å². The van der Waals surface area contributed by atoms with Gasteiger partial charge in [0.15, 0.2) is 5.03 Å². The molecule has 0 saturated carbocycles. The van der Waals surface area contributed by atoms with Gasteiger partial charge in [0, 0.05) is 7.05 Å². The molecule has 1 heterocycles. The van der Waals surface area contributed by atoms with Gasteiger partial charge in [-0.3, -0.25) is 9.40 Å². The Morgan fingerprint density at radius 2 is 2.10 bits per heavy atom. The third-order valence-corrected chi connectivity index (χ3v) is 5.09. The second-order valence-corrected chi connectivity index (χ2v) is 6.97. The number of aromatic nitrogens is 2. The number of sulfonamides is 1. The molecule has 0 amide bonds. The summed E-state index contributed by atoms with van der Waals surface area (Å²) in [5.41, 5.74) is 0.711. The Morgan fingerprint density at radius 1 is 1.45 bits per heavy atom. The molecule has 0 aliphatic rings. The van der Waals surface area contributed by atoms with Gasteiger partial charge in [0.1, 0.15) is 5.82 Å². The maximum atomic E-state index is 13.3. The summed E-state index contributed by atoms with van der Waals surface area (Å²) in [6.07, 6.45) is 1.24. The number of halogens is 3. The summed E-state index contributed by atoms with van der Waals surface area (Å²) in [6.45, 7) is 1.60. The average molecular weight is 383 g/mol. The average Bonchev–Trinajstić information content (AvgIpc) is 2.66. The second kappa shape index (κ2) is 5.34. The predicted molar refractivity (Wildman–Crippen MR) is 77.9 cm³/mol. The van der Waals surface area contributed by atoms with Crippen molar-refractivity contribution >= 4 is 43.2 Å². The first-order valence-electron chi connectivity index (χ1n) is 5.38. The molecule has 0 radical (unpaired) electrons. The summed E-state index contributed by atoms with van der Waals surface area (Å²) in [7, 11) is -2.44. The van der Waals surface area contributed by atoms with Crippen molar-refractivity contribution < 1.29 is 12.8 Å². The first kappa shape index (κ1) is 15.3. The number of nitrogens with one attached hydrogen (secondary N) is 1. The molecule has 9 heteroatoms. The molecule has 20 heavy (non-hydrogen) atoms. The fraction of sp³-hybridized carbons (Fsp3) is 0.182. The van der Waals surface area contributed by atoms with Crippen LogP contribution in [0.5, 0.6) is 0 Å². The number of nitrogens with zero attached hydrogens (tertiary/aromatic N) is 2. The van der Waals surface area contributed by atoms with E-state index in [1.807, 2.05) is 0 Å². The van der Waals surface area contributed by atoms with E-state index in [1.54, 1.807) is 6.92 Å². The minimum absolute atomic E-state index is 0.0128. The van der Waals surface area contributed by atoms with Crippen LogP contribution >= 0.6 is 27.5 Å². The summed E-state index contributed by atoms with van der Waals surface area (Å²) in [5, 5.41) is 3.63. The molecule has 0 spiro atoms. The zero-order valence-electron chi connectivity index (χ0n) is 10.5. The van der Waals surface area contributed by atoms with Crippen molar-refractivity contribution in [1.82, 2.24) is 9.78 Å². The molecule has 1 N–H and O–H groups in total. The van der Waals surface area contributed by atoms with Crippen LogP contribution in [0.4, 0.5) is 10.1 Å². The fourth-order valence-corrected chi connectivity index (χ4v) is 3.78. The lowest BCUT2D eigenvalue weighted by molar-refractivity contribution is 0.582. The number of aryl methyl sites for hydroxylation is 2. The lowest BCUT2D eigenvalue weighted by Crippen LogP contribution is -2.17. The van der Waals surface area contributed by atoms with E-state index in [2.05, 4.69) is 25.8 Å². The first-order valence-corrected chi connectivity index (χ1v) is 8.04. The summed E-state index contributed by atoms with van der Waals surface area (Å²) >= 11 is 8.83. The van der Waals surface area contributed by atoms with Crippen LogP contribution in [0.3, 0.4) is 0 Å². The molecule has 2 rings (SSSR count). The number of rotatable bonds is 3. The van der Waals surface area contributed by atoms with Gasteiger partial charge in [-0.2, -0.15) is 13.5 Å². The third-order valence-electron chi connectivity index (χ3n) is 2.61. The van der Waals surface area contributed by atoms with Gasteiger partial charge in [-0.25, -0.2) is 4.39 Å². The summed E-state index contributed by atoms with van der Waals surface area (Å²) in [6, 6.07) is 2.58. The van der Waals surface area contributed by atoms with Crippen LogP contribution in [-0.2, 0) is 17.1 Å². The van der Waals surface area contributed by atoms with E-state index in [4.69, 9.17) is 11.6 Å². The predicted octanol–water partition coefficient (Wildman–Crippen LogP) is 3.08. The Balaban J connectivity index is 2.47. The molecule has 2 aromatic rings. The van der Waals surface area contributed by atoms with Gasteiger partial charge in [-0.1, -0.05) is 11.6 Å². The molecule has 0 fully saturated rings.